The maximum Gasteiger partial charge on any atom is 0.432 e. The monoisotopic (exact) mass is 520 g/mol. The second-order valence-electron chi connectivity index (χ2n) is 10.8. The van der Waals surface area contributed by atoms with Crippen molar-refractivity contribution in [3.8, 4) is 0 Å². The highest BCUT2D eigenvalue weighted by atomic mass is 32.2. The molecule has 34 heavy (non-hydrogen) atoms. The van der Waals surface area contributed by atoms with Gasteiger partial charge in [0.15, 0.2) is 0 Å². The fraction of sp³-hybridized carbons (Fsp3) is 0.905. The fourth-order valence-corrected chi connectivity index (χ4v) is 6.23. The molecule has 3 unspecified atom stereocenters. The molecule has 0 aliphatic heterocycles. The second-order valence-corrected chi connectivity index (χ2v) is 12.3. The van der Waals surface area contributed by atoms with E-state index >= 15 is 0 Å². The lowest BCUT2D eigenvalue weighted by atomic mass is 9.45. The zero-order valence-corrected chi connectivity index (χ0v) is 20.1. The Morgan fingerprint density at radius 1 is 1.06 bits per heavy atom. The van der Waals surface area contributed by atoms with Crippen molar-refractivity contribution in [2.45, 2.75) is 89.4 Å². The van der Waals surface area contributed by atoms with Crippen LogP contribution in [0, 0.1) is 28.6 Å². The lowest BCUT2D eigenvalue weighted by Gasteiger charge is -2.62. The Bertz CT molecular complexity index is 943. The van der Waals surface area contributed by atoms with Crippen molar-refractivity contribution in [2.75, 3.05) is 0 Å². The molecule has 0 heterocycles. The third-order valence-electron chi connectivity index (χ3n) is 8.16. The number of esters is 2. The highest BCUT2D eigenvalue weighted by Gasteiger charge is 2.69. The summed E-state index contributed by atoms with van der Waals surface area (Å²) in [6.45, 7) is 7.00. The van der Waals surface area contributed by atoms with Crippen LogP contribution in [0.5, 0.6) is 0 Å². The molecule has 4 saturated carbocycles. The van der Waals surface area contributed by atoms with Gasteiger partial charge in [0.1, 0.15) is 5.60 Å². The molecule has 196 valence electrons. The van der Waals surface area contributed by atoms with Crippen LogP contribution in [-0.2, 0) is 29.2 Å². The van der Waals surface area contributed by atoms with Crippen LogP contribution in [-0.4, -0.2) is 48.0 Å². The Morgan fingerprint density at radius 2 is 1.56 bits per heavy atom. The van der Waals surface area contributed by atoms with E-state index in [9.17, 15) is 40.0 Å². The first-order valence-corrected chi connectivity index (χ1v) is 12.5. The van der Waals surface area contributed by atoms with E-state index in [0.717, 1.165) is 0 Å². The quantitative estimate of drug-likeness (QED) is 0.299. The summed E-state index contributed by atoms with van der Waals surface area (Å²) >= 11 is 0. The lowest BCUT2D eigenvalue weighted by Crippen LogP contribution is -2.64. The Balaban J connectivity index is 1.88. The molecular formula is C21H29F5O7S. The van der Waals surface area contributed by atoms with Gasteiger partial charge in [0.05, 0.1) is 10.8 Å². The second kappa shape index (κ2) is 8.01. The van der Waals surface area contributed by atoms with Crippen molar-refractivity contribution in [3.63, 3.8) is 0 Å². The van der Waals surface area contributed by atoms with Gasteiger partial charge < -0.3 is 9.47 Å². The number of carbonyl (C=O) groups is 2. The van der Waals surface area contributed by atoms with E-state index in [-0.39, 0.29) is 25.2 Å². The molecule has 4 rings (SSSR count). The van der Waals surface area contributed by atoms with Gasteiger partial charge in [-0.05, 0) is 65.2 Å². The van der Waals surface area contributed by atoms with Crippen LogP contribution in [0.25, 0.3) is 0 Å². The summed E-state index contributed by atoms with van der Waals surface area (Å²) in [6.07, 6.45) is -8.69. The van der Waals surface area contributed by atoms with Crippen LogP contribution in [0.1, 0.15) is 66.2 Å². The summed E-state index contributed by atoms with van der Waals surface area (Å²) < 4.78 is 108. The normalized spacial score (nSPS) is 34.6. The van der Waals surface area contributed by atoms with Crippen LogP contribution in [0.15, 0.2) is 0 Å². The molecule has 0 amide bonds. The first-order chi connectivity index (χ1) is 15.2. The highest BCUT2D eigenvalue weighted by molar-refractivity contribution is 7.86. The Labute approximate surface area is 194 Å². The molecule has 0 aromatic rings. The van der Waals surface area contributed by atoms with Crippen molar-refractivity contribution < 1.29 is 54.0 Å². The minimum absolute atomic E-state index is 0.0445. The zero-order valence-electron chi connectivity index (χ0n) is 19.2. The molecule has 0 radical (unpaired) electrons. The SMILES string of the molecule is CCC(C)(C)C(=O)OC1(C)C2CC3CC1CC(C(=O)OC(C(F)(F)F)C(F)(F)S(=O)(=O)O)(C3)C2. The van der Waals surface area contributed by atoms with Crippen LogP contribution < -0.4 is 0 Å². The Morgan fingerprint density at radius 3 is 1.97 bits per heavy atom. The Hall–Kier alpha value is -1.50. The van der Waals surface area contributed by atoms with Crippen LogP contribution in [0.4, 0.5) is 22.0 Å². The van der Waals surface area contributed by atoms with Gasteiger partial charge in [0.2, 0.25) is 0 Å². The number of ether oxygens (including phenoxy) is 2. The van der Waals surface area contributed by atoms with Crippen molar-refractivity contribution in [2.24, 2.45) is 28.6 Å². The van der Waals surface area contributed by atoms with E-state index in [1.54, 1.807) is 20.8 Å². The topological polar surface area (TPSA) is 107 Å². The molecule has 4 bridgehead atoms. The third-order valence-corrected chi connectivity index (χ3v) is 9.07. The summed E-state index contributed by atoms with van der Waals surface area (Å²) in [5.41, 5.74) is -3.29. The molecule has 4 aliphatic rings. The lowest BCUT2D eigenvalue weighted by molar-refractivity contribution is -0.271. The molecule has 1 N–H and O–H groups in total. The first-order valence-electron chi connectivity index (χ1n) is 11.1. The molecule has 13 heteroatoms. The highest BCUT2D eigenvalue weighted by Crippen LogP contribution is 2.65. The number of carbonyl (C=O) groups excluding carboxylic acids is 2. The zero-order chi connectivity index (χ0) is 26.1. The molecule has 0 spiro atoms. The van der Waals surface area contributed by atoms with E-state index < -0.39 is 67.9 Å². The van der Waals surface area contributed by atoms with Crippen molar-refractivity contribution in [1.29, 1.82) is 0 Å². The standard InChI is InChI=1S/C21H29F5O7S/c1-5-17(2,3)15(27)33-18(4)12-6-11-7-13(18)10-19(8-11,9-12)16(28)32-14(20(22,23)24)21(25,26)34(29,30)31/h11-14H,5-10H2,1-4H3,(H,29,30,31). The van der Waals surface area contributed by atoms with Gasteiger partial charge in [-0.2, -0.15) is 30.4 Å². The molecule has 7 nitrogen and oxygen atoms in total. The number of alkyl halides is 5. The predicted molar refractivity (Wildman–Crippen MR) is 107 cm³/mol. The van der Waals surface area contributed by atoms with E-state index in [2.05, 4.69) is 4.74 Å². The van der Waals surface area contributed by atoms with Crippen LogP contribution in [0.3, 0.4) is 0 Å². The summed E-state index contributed by atoms with van der Waals surface area (Å²) in [4.78, 5) is 25.7. The summed E-state index contributed by atoms with van der Waals surface area (Å²) in [6, 6.07) is 0. The van der Waals surface area contributed by atoms with E-state index in [0.29, 0.717) is 19.3 Å². The van der Waals surface area contributed by atoms with Gasteiger partial charge in [-0.1, -0.05) is 6.92 Å². The molecule has 4 aliphatic carbocycles. The Kier molecular flexibility index (Phi) is 6.38. The van der Waals surface area contributed by atoms with Gasteiger partial charge in [-0.25, -0.2) is 0 Å². The van der Waals surface area contributed by atoms with Gasteiger partial charge in [0.25, 0.3) is 6.10 Å². The third kappa shape index (κ3) is 4.31. The van der Waals surface area contributed by atoms with Gasteiger partial charge in [-0.3, -0.25) is 14.1 Å². The smallest absolute Gasteiger partial charge is 0.432 e. The predicted octanol–water partition coefficient (Wildman–Crippen LogP) is 4.51. The molecule has 0 aromatic heterocycles. The average Bonchev–Trinajstić information content (AvgIpc) is 2.67. The maximum atomic E-state index is 13.9. The largest absolute Gasteiger partial charge is 0.458 e. The van der Waals surface area contributed by atoms with Crippen molar-refractivity contribution in [3.05, 3.63) is 0 Å². The molecule has 4 fully saturated rings. The number of hydrogen-bond donors (Lipinski definition) is 1. The molecule has 3 atom stereocenters. The van der Waals surface area contributed by atoms with E-state index in [4.69, 9.17) is 9.29 Å². The van der Waals surface area contributed by atoms with Gasteiger partial charge in [0, 0.05) is 11.8 Å². The maximum absolute atomic E-state index is 13.9. The number of rotatable bonds is 7. The van der Waals surface area contributed by atoms with Crippen molar-refractivity contribution >= 4 is 22.1 Å². The van der Waals surface area contributed by atoms with Gasteiger partial charge >= 0.3 is 33.5 Å². The summed E-state index contributed by atoms with van der Waals surface area (Å²) in [5, 5.41) is -5.78. The minimum atomic E-state index is -6.52. The summed E-state index contributed by atoms with van der Waals surface area (Å²) in [7, 11) is -6.52. The van der Waals surface area contributed by atoms with Crippen LogP contribution in [0.2, 0.25) is 0 Å². The van der Waals surface area contributed by atoms with E-state index in [1.165, 1.54) is 0 Å². The fourth-order valence-electron chi connectivity index (χ4n) is 5.78. The number of hydrogen-bond acceptors (Lipinski definition) is 6. The average molecular weight is 521 g/mol. The van der Waals surface area contributed by atoms with E-state index in [1.807, 2.05) is 6.92 Å². The molecule has 0 aromatic carbocycles. The molecular weight excluding hydrogens is 491 g/mol. The number of halogens is 5. The minimum Gasteiger partial charge on any atom is -0.458 e. The molecule has 0 saturated heterocycles. The first kappa shape index (κ1) is 27.1. The summed E-state index contributed by atoms with van der Waals surface area (Å²) in [5.74, 6) is -2.95. The van der Waals surface area contributed by atoms with Crippen molar-refractivity contribution in [1.82, 2.24) is 0 Å². The van der Waals surface area contributed by atoms with Gasteiger partial charge in [-0.15, -0.1) is 0 Å². The van der Waals surface area contributed by atoms with Crippen LogP contribution >= 0.6 is 0 Å².